The van der Waals surface area contributed by atoms with E-state index in [9.17, 15) is 73.2 Å². The summed E-state index contributed by atoms with van der Waals surface area (Å²) >= 11 is 0. The number of primary amides is 1. The van der Waals surface area contributed by atoms with Gasteiger partial charge in [-0.05, 0) is 36.8 Å². The normalized spacial score (nSPS) is 13.8. The van der Waals surface area contributed by atoms with Crippen molar-refractivity contribution in [3.63, 3.8) is 0 Å². The van der Waals surface area contributed by atoms with Crippen molar-refractivity contribution in [2.75, 3.05) is 19.7 Å². The van der Waals surface area contributed by atoms with Gasteiger partial charge in [0.2, 0.25) is 47.3 Å². The number of nitrogens with one attached hydrogen (secondary N) is 8. The summed E-state index contributed by atoms with van der Waals surface area (Å²) in [5.74, 6) is -12.8. The van der Waals surface area contributed by atoms with Crippen LogP contribution in [0.4, 0.5) is 0 Å². The first-order valence-electron chi connectivity index (χ1n) is 19.5. The lowest BCUT2D eigenvalue weighted by molar-refractivity contribution is -0.143. The van der Waals surface area contributed by atoms with E-state index in [1.165, 1.54) is 0 Å². The zero-order valence-electron chi connectivity index (χ0n) is 34.4. The zero-order chi connectivity index (χ0) is 47.4. The Labute approximate surface area is 359 Å². The molecule has 2 aromatic rings. The lowest BCUT2D eigenvalue weighted by Crippen LogP contribution is -2.59. The predicted molar refractivity (Wildman–Crippen MR) is 217 cm³/mol. The van der Waals surface area contributed by atoms with Crippen molar-refractivity contribution in [2.45, 2.75) is 95.0 Å². The molecule has 346 valence electrons. The number of carboxylic acids is 3. The number of rotatable bonds is 28. The van der Waals surface area contributed by atoms with Gasteiger partial charge in [0, 0.05) is 36.4 Å². The number of fused-ring (bicyclic) bond motifs is 1. The van der Waals surface area contributed by atoms with Crippen molar-refractivity contribution in [2.24, 2.45) is 17.4 Å². The number of aliphatic carboxylic acids is 3. The fraction of sp³-hybridized carbons (Fsp3) is 0.500. The number of aromatic amines is 1. The first kappa shape index (κ1) is 52.0. The van der Waals surface area contributed by atoms with Gasteiger partial charge in [-0.25, -0.2) is 4.79 Å². The number of carbonyl (C=O) groups is 11. The molecule has 1 heterocycles. The van der Waals surface area contributed by atoms with E-state index < -0.39 is 153 Å². The van der Waals surface area contributed by atoms with Crippen LogP contribution in [-0.4, -0.2) is 147 Å². The maximum Gasteiger partial charge on any atom is 0.326 e. The van der Waals surface area contributed by atoms with Crippen LogP contribution in [0.2, 0.25) is 0 Å². The molecule has 0 fully saturated rings. The number of carboxylic acid groups (broad SMARTS) is 3. The summed E-state index contributed by atoms with van der Waals surface area (Å²) in [6.07, 6.45) is -1.70. The van der Waals surface area contributed by atoms with E-state index in [1.807, 2.05) is 0 Å². The molecule has 0 unspecified atom stereocenters. The SMILES string of the molecule is CC(C)C[C@H](NC(=O)CN)C(=O)N[C@@H](CO)C(=O)N[C@@H](CC(=O)O)C(=O)NCC(=O)N[C@@H](CCC(=O)O)C(=O)N[C@@H](Cc1c[nH]c2ccccc12)C(=O)N[C@@H](CCC(N)=O)C(=O)O. The lowest BCUT2D eigenvalue weighted by Gasteiger charge is -2.25. The average molecular weight is 891 g/mol. The molecule has 8 amide bonds. The largest absolute Gasteiger partial charge is 0.481 e. The molecule has 0 aliphatic heterocycles. The van der Waals surface area contributed by atoms with E-state index in [-0.39, 0.29) is 18.8 Å². The molecule has 0 saturated heterocycles. The monoisotopic (exact) mass is 890 g/mol. The molecule has 63 heavy (non-hydrogen) atoms. The third-order valence-corrected chi connectivity index (χ3v) is 9.12. The number of hydrogen-bond acceptors (Lipinski definition) is 13. The van der Waals surface area contributed by atoms with Crippen LogP contribution in [0.3, 0.4) is 0 Å². The van der Waals surface area contributed by atoms with Crippen LogP contribution in [0.15, 0.2) is 30.5 Å². The molecular formula is C38H54N10O15. The topological polar surface area (TPSA) is 421 Å². The Balaban J connectivity index is 2.25. The van der Waals surface area contributed by atoms with E-state index in [0.717, 1.165) is 0 Å². The fourth-order valence-corrected chi connectivity index (χ4v) is 5.97. The number of amides is 8. The zero-order valence-corrected chi connectivity index (χ0v) is 34.4. The van der Waals surface area contributed by atoms with Crippen LogP contribution >= 0.6 is 0 Å². The van der Waals surface area contributed by atoms with Gasteiger partial charge in [-0.15, -0.1) is 0 Å². The quantitative estimate of drug-likeness (QED) is 0.0382. The first-order chi connectivity index (χ1) is 29.6. The summed E-state index contributed by atoms with van der Waals surface area (Å²) in [6.45, 7) is 1.04. The second-order valence-corrected chi connectivity index (χ2v) is 14.7. The molecule has 0 aliphatic rings. The highest BCUT2D eigenvalue weighted by Gasteiger charge is 2.33. The van der Waals surface area contributed by atoms with E-state index in [1.54, 1.807) is 44.3 Å². The molecule has 2 rings (SSSR count). The molecule has 1 aromatic carbocycles. The third-order valence-electron chi connectivity index (χ3n) is 9.12. The summed E-state index contributed by atoms with van der Waals surface area (Å²) in [6, 6.07) is -2.78. The fourth-order valence-electron chi connectivity index (χ4n) is 5.97. The lowest BCUT2D eigenvalue weighted by atomic mass is 10.0. The minimum atomic E-state index is -1.90. The number of para-hydroxylation sites is 1. The smallest absolute Gasteiger partial charge is 0.326 e. The molecule has 0 saturated carbocycles. The summed E-state index contributed by atoms with van der Waals surface area (Å²) in [5.41, 5.74) is 11.6. The number of hydrogen-bond donors (Lipinski definition) is 14. The Kier molecular flexibility index (Phi) is 21.1. The average Bonchev–Trinajstić information content (AvgIpc) is 3.62. The highest BCUT2D eigenvalue weighted by molar-refractivity contribution is 5.98. The van der Waals surface area contributed by atoms with Crippen molar-refractivity contribution in [3.8, 4) is 0 Å². The molecule has 25 heteroatoms. The number of aliphatic hydroxyl groups excluding tert-OH is 1. The molecule has 16 N–H and O–H groups in total. The van der Waals surface area contributed by atoms with Gasteiger partial charge in [-0.2, -0.15) is 0 Å². The van der Waals surface area contributed by atoms with Crippen molar-refractivity contribution in [3.05, 3.63) is 36.0 Å². The molecule has 0 aliphatic carbocycles. The molecule has 1 aromatic heterocycles. The molecular weight excluding hydrogens is 836 g/mol. The van der Waals surface area contributed by atoms with Crippen LogP contribution in [0, 0.1) is 5.92 Å². The van der Waals surface area contributed by atoms with Crippen LogP contribution < -0.4 is 48.7 Å². The molecule has 25 nitrogen and oxygen atoms in total. The summed E-state index contributed by atoms with van der Waals surface area (Å²) < 4.78 is 0. The second kappa shape index (κ2) is 25.6. The van der Waals surface area contributed by atoms with Gasteiger partial charge >= 0.3 is 17.9 Å². The number of H-pyrrole nitrogens is 1. The standard InChI is InChI=1S/C38H54N10O15/c1-18(2)11-24(44-29(51)14-39)35(59)48-27(17-49)37(61)47-26(13-32(55)56)33(57)42-16-30(52)43-22(8-10-31(53)54)34(58)46-25(12-19-15-41-21-6-4-3-5-20(19)21)36(60)45-23(38(62)63)7-9-28(40)50/h3-6,15,18,22-27,41,49H,7-14,16-17,39H2,1-2H3,(H2,40,50)(H,42,57)(H,43,52)(H,44,51)(H,45,60)(H,46,58)(H,47,61)(H,48,59)(H,53,54)(H,55,56)(H,62,63)/t22-,23-,24-,25-,26-,27-/m0/s1. The van der Waals surface area contributed by atoms with E-state index in [2.05, 4.69) is 42.2 Å². The summed E-state index contributed by atoms with van der Waals surface area (Å²) in [5, 5.41) is 54.6. The van der Waals surface area contributed by atoms with Gasteiger partial charge in [0.15, 0.2) is 0 Å². The second-order valence-electron chi connectivity index (χ2n) is 14.7. The van der Waals surface area contributed by atoms with Crippen LogP contribution in [0.25, 0.3) is 10.9 Å². The van der Waals surface area contributed by atoms with Crippen molar-refractivity contribution >= 4 is 76.1 Å². The van der Waals surface area contributed by atoms with Crippen LogP contribution in [-0.2, 0) is 59.2 Å². The van der Waals surface area contributed by atoms with Crippen LogP contribution in [0.5, 0.6) is 0 Å². The van der Waals surface area contributed by atoms with Gasteiger partial charge < -0.3 is 74.1 Å². The minimum Gasteiger partial charge on any atom is -0.481 e. The highest BCUT2D eigenvalue weighted by atomic mass is 16.4. The number of carbonyl (C=O) groups excluding carboxylic acids is 8. The Morgan fingerprint density at radius 3 is 1.79 bits per heavy atom. The molecule has 0 spiro atoms. The summed E-state index contributed by atoms with van der Waals surface area (Å²) in [4.78, 5) is 141. The number of aromatic nitrogens is 1. The Morgan fingerprint density at radius 1 is 0.651 bits per heavy atom. The summed E-state index contributed by atoms with van der Waals surface area (Å²) in [7, 11) is 0. The molecule has 0 radical (unpaired) electrons. The van der Waals surface area contributed by atoms with Crippen molar-refractivity contribution < 1.29 is 73.2 Å². The Bertz CT molecular complexity index is 2000. The van der Waals surface area contributed by atoms with E-state index in [0.29, 0.717) is 16.5 Å². The highest BCUT2D eigenvalue weighted by Crippen LogP contribution is 2.19. The van der Waals surface area contributed by atoms with Crippen molar-refractivity contribution in [1.82, 2.24) is 42.2 Å². The molecule has 0 bridgehead atoms. The van der Waals surface area contributed by atoms with Gasteiger partial charge in [0.05, 0.1) is 26.1 Å². The first-order valence-corrected chi connectivity index (χ1v) is 19.5. The maximum absolute atomic E-state index is 13.7. The number of aliphatic hydroxyl groups is 1. The number of benzene rings is 1. The Hall–Kier alpha value is -7.15. The van der Waals surface area contributed by atoms with E-state index in [4.69, 9.17) is 11.5 Å². The van der Waals surface area contributed by atoms with Gasteiger partial charge in [0.1, 0.15) is 36.3 Å². The van der Waals surface area contributed by atoms with Gasteiger partial charge in [0.25, 0.3) is 0 Å². The third kappa shape index (κ3) is 18.2. The Morgan fingerprint density at radius 2 is 1.21 bits per heavy atom. The maximum atomic E-state index is 13.7. The van der Waals surface area contributed by atoms with Gasteiger partial charge in [-0.1, -0.05) is 32.0 Å². The van der Waals surface area contributed by atoms with Gasteiger partial charge in [-0.3, -0.25) is 47.9 Å². The van der Waals surface area contributed by atoms with E-state index >= 15 is 0 Å². The number of nitrogens with two attached hydrogens (primary N) is 2. The minimum absolute atomic E-state index is 0.107. The van der Waals surface area contributed by atoms with Crippen molar-refractivity contribution in [1.29, 1.82) is 0 Å². The van der Waals surface area contributed by atoms with Crippen LogP contribution in [0.1, 0.15) is 57.9 Å². The molecule has 6 atom stereocenters. The predicted octanol–water partition coefficient (Wildman–Crippen LogP) is -4.58.